The summed E-state index contributed by atoms with van der Waals surface area (Å²) in [5.74, 6) is -0.0617. The molecule has 7 heteroatoms. The lowest BCUT2D eigenvalue weighted by Gasteiger charge is -2.09. The fraction of sp³-hybridized carbons (Fsp3) is 0.263. The van der Waals surface area contributed by atoms with Crippen molar-refractivity contribution in [2.45, 2.75) is 32.2 Å². The van der Waals surface area contributed by atoms with Crippen LogP contribution in [0.4, 0.5) is 0 Å². The van der Waals surface area contributed by atoms with E-state index in [2.05, 4.69) is 10.3 Å². The highest BCUT2D eigenvalue weighted by Gasteiger charge is 2.22. The third kappa shape index (κ3) is 2.39. The Morgan fingerprint density at radius 3 is 2.96 bits per heavy atom. The van der Waals surface area contributed by atoms with Gasteiger partial charge in [-0.2, -0.15) is 0 Å². The minimum Gasteiger partial charge on any atom is -0.453 e. The molecule has 0 radical (unpaired) electrons. The van der Waals surface area contributed by atoms with E-state index in [0.29, 0.717) is 15.8 Å². The summed E-state index contributed by atoms with van der Waals surface area (Å²) in [6.45, 7) is -0.174. The van der Waals surface area contributed by atoms with Gasteiger partial charge in [-0.25, -0.2) is 4.68 Å². The SMILES string of the molecule is O=C(Cn1nnc2sc3c(c2c1=O)CCCC3)c1cc2ccccc2o1. The Bertz CT molecular complexity index is 1180. The van der Waals surface area contributed by atoms with Crippen molar-refractivity contribution in [1.29, 1.82) is 0 Å². The van der Waals surface area contributed by atoms with E-state index in [0.717, 1.165) is 41.3 Å². The molecule has 0 aliphatic heterocycles. The lowest BCUT2D eigenvalue weighted by atomic mass is 9.97. The van der Waals surface area contributed by atoms with E-state index in [1.165, 1.54) is 4.88 Å². The van der Waals surface area contributed by atoms with Crippen LogP contribution < -0.4 is 5.56 Å². The predicted molar refractivity (Wildman–Crippen MR) is 98.9 cm³/mol. The maximum absolute atomic E-state index is 12.9. The summed E-state index contributed by atoms with van der Waals surface area (Å²) in [7, 11) is 0. The number of fused-ring (bicyclic) bond motifs is 4. The van der Waals surface area contributed by atoms with Crippen molar-refractivity contribution in [1.82, 2.24) is 15.0 Å². The van der Waals surface area contributed by atoms with Gasteiger partial charge in [0.25, 0.3) is 5.56 Å². The number of aryl methyl sites for hydroxylation is 2. The number of thiophene rings is 1. The number of carbonyl (C=O) groups excluding carboxylic acids is 1. The van der Waals surface area contributed by atoms with E-state index in [1.807, 2.05) is 24.3 Å². The summed E-state index contributed by atoms with van der Waals surface area (Å²) in [5, 5.41) is 9.65. The van der Waals surface area contributed by atoms with Crippen LogP contribution in [0, 0.1) is 0 Å². The van der Waals surface area contributed by atoms with Crippen LogP contribution in [0.25, 0.3) is 21.2 Å². The van der Waals surface area contributed by atoms with Crippen molar-refractivity contribution in [2.24, 2.45) is 0 Å². The fourth-order valence-electron chi connectivity index (χ4n) is 3.54. The van der Waals surface area contributed by atoms with E-state index in [9.17, 15) is 9.59 Å². The van der Waals surface area contributed by atoms with Crippen molar-refractivity contribution in [3.8, 4) is 0 Å². The second-order valence-electron chi connectivity index (χ2n) is 6.51. The average Bonchev–Trinajstić information content (AvgIpc) is 3.25. The molecule has 1 aliphatic carbocycles. The third-order valence-electron chi connectivity index (χ3n) is 4.84. The first-order chi connectivity index (χ1) is 12.7. The first-order valence-corrected chi connectivity index (χ1v) is 9.42. The number of nitrogens with zero attached hydrogens (tertiary/aromatic N) is 3. The van der Waals surface area contributed by atoms with Gasteiger partial charge in [-0.15, -0.1) is 16.4 Å². The summed E-state index contributed by atoms with van der Waals surface area (Å²) in [6.07, 6.45) is 4.12. The molecule has 6 nitrogen and oxygen atoms in total. The van der Waals surface area contributed by atoms with Gasteiger partial charge in [0.15, 0.2) is 10.6 Å². The van der Waals surface area contributed by atoms with E-state index in [1.54, 1.807) is 17.4 Å². The smallest absolute Gasteiger partial charge is 0.279 e. The highest BCUT2D eigenvalue weighted by molar-refractivity contribution is 7.18. The lowest BCUT2D eigenvalue weighted by Crippen LogP contribution is -2.28. The maximum atomic E-state index is 12.9. The zero-order chi connectivity index (χ0) is 17.7. The van der Waals surface area contributed by atoms with E-state index in [-0.39, 0.29) is 23.6 Å². The molecule has 0 unspecified atom stereocenters. The van der Waals surface area contributed by atoms with Crippen LogP contribution >= 0.6 is 11.3 Å². The van der Waals surface area contributed by atoms with Crippen molar-refractivity contribution in [3.63, 3.8) is 0 Å². The monoisotopic (exact) mass is 365 g/mol. The summed E-state index contributed by atoms with van der Waals surface area (Å²) < 4.78 is 6.75. The topological polar surface area (TPSA) is 78.0 Å². The quantitative estimate of drug-likeness (QED) is 0.520. The molecular weight excluding hydrogens is 350 g/mol. The number of benzene rings is 1. The fourth-order valence-corrected chi connectivity index (χ4v) is 4.74. The number of carbonyl (C=O) groups is 1. The molecule has 0 saturated heterocycles. The third-order valence-corrected chi connectivity index (χ3v) is 6.01. The van der Waals surface area contributed by atoms with Crippen LogP contribution in [0.1, 0.15) is 33.8 Å². The number of aromatic nitrogens is 3. The number of para-hydroxylation sites is 1. The van der Waals surface area contributed by atoms with Crippen LogP contribution in [0.3, 0.4) is 0 Å². The molecule has 0 atom stereocenters. The van der Waals surface area contributed by atoms with Crippen LogP contribution in [-0.2, 0) is 19.4 Å². The first kappa shape index (κ1) is 15.5. The Balaban J connectivity index is 1.53. The average molecular weight is 365 g/mol. The van der Waals surface area contributed by atoms with E-state index < -0.39 is 0 Å². The molecule has 0 spiro atoms. The molecule has 4 aromatic rings. The van der Waals surface area contributed by atoms with Crippen molar-refractivity contribution < 1.29 is 9.21 Å². The van der Waals surface area contributed by atoms with E-state index in [4.69, 9.17) is 4.42 Å². The summed E-state index contributed by atoms with van der Waals surface area (Å²) in [5.41, 5.74) is 1.51. The highest BCUT2D eigenvalue weighted by Crippen LogP contribution is 2.33. The molecule has 0 N–H and O–H groups in total. The predicted octanol–water partition coefficient (Wildman–Crippen LogP) is 3.36. The van der Waals surface area contributed by atoms with Crippen molar-refractivity contribution >= 4 is 38.3 Å². The van der Waals surface area contributed by atoms with Crippen molar-refractivity contribution in [2.75, 3.05) is 0 Å². The number of Topliss-reactive ketones (excluding diaryl/α,β-unsaturated/α-hetero) is 1. The van der Waals surface area contributed by atoms with Crippen LogP contribution in [0.15, 0.2) is 39.5 Å². The molecule has 0 amide bonds. The Morgan fingerprint density at radius 1 is 1.23 bits per heavy atom. The standard InChI is InChI=1S/C19H15N3O3S/c23-13(15-9-11-5-1-3-7-14(11)25-15)10-22-19(24)17-12-6-2-4-8-16(12)26-18(17)20-21-22/h1,3,5,7,9H,2,4,6,8,10H2. The molecular formula is C19H15N3O3S. The molecule has 130 valence electrons. The second-order valence-corrected chi connectivity index (χ2v) is 7.60. The van der Waals surface area contributed by atoms with Crippen LogP contribution in [0.5, 0.6) is 0 Å². The number of rotatable bonds is 3. The van der Waals surface area contributed by atoms with Gasteiger partial charge in [-0.3, -0.25) is 9.59 Å². The Hall–Kier alpha value is -2.80. The van der Waals surface area contributed by atoms with E-state index >= 15 is 0 Å². The second kappa shape index (κ2) is 5.88. The van der Waals surface area contributed by atoms with Gasteiger partial charge in [0.2, 0.25) is 5.78 Å². The van der Waals surface area contributed by atoms with Gasteiger partial charge >= 0.3 is 0 Å². The molecule has 3 aromatic heterocycles. The lowest BCUT2D eigenvalue weighted by molar-refractivity contribution is 0.0939. The van der Waals surface area contributed by atoms with Crippen LogP contribution in [0.2, 0.25) is 0 Å². The van der Waals surface area contributed by atoms with Gasteiger partial charge in [0, 0.05) is 10.3 Å². The summed E-state index contributed by atoms with van der Waals surface area (Å²) in [4.78, 5) is 27.4. The Labute approximate surface area is 152 Å². The molecule has 0 bridgehead atoms. The van der Waals surface area contributed by atoms with Gasteiger partial charge in [-0.1, -0.05) is 23.4 Å². The van der Waals surface area contributed by atoms with Crippen molar-refractivity contribution in [3.05, 3.63) is 56.9 Å². The molecule has 5 rings (SSSR count). The van der Waals surface area contributed by atoms with Gasteiger partial charge in [-0.05, 0) is 43.4 Å². The Kier molecular flexibility index (Phi) is 3.49. The minimum absolute atomic E-state index is 0.174. The zero-order valence-electron chi connectivity index (χ0n) is 13.9. The number of ketones is 1. The summed E-state index contributed by atoms with van der Waals surface area (Å²) in [6, 6.07) is 9.12. The molecule has 1 aliphatic rings. The van der Waals surface area contributed by atoms with Crippen LogP contribution in [-0.4, -0.2) is 20.8 Å². The van der Waals surface area contributed by atoms with Gasteiger partial charge in [0.05, 0.1) is 5.39 Å². The molecule has 1 aromatic carbocycles. The minimum atomic E-state index is -0.291. The van der Waals surface area contributed by atoms with Gasteiger partial charge in [0.1, 0.15) is 12.1 Å². The first-order valence-electron chi connectivity index (χ1n) is 8.60. The number of hydrogen-bond donors (Lipinski definition) is 0. The summed E-state index contributed by atoms with van der Waals surface area (Å²) >= 11 is 1.55. The molecule has 0 fully saturated rings. The highest BCUT2D eigenvalue weighted by atomic mass is 32.1. The maximum Gasteiger partial charge on any atom is 0.279 e. The molecule has 26 heavy (non-hydrogen) atoms. The Morgan fingerprint density at radius 2 is 2.08 bits per heavy atom. The number of hydrogen-bond acceptors (Lipinski definition) is 6. The number of furan rings is 1. The normalized spacial score (nSPS) is 14.0. The van der Waals surface area contributed by atoms with Gasteiger partial charge < -0.3 is 4.42 Å². The largest absolute Gasteiger partial charge is 0.453 e. The molecule has 3 heterocycles. The molecule has 0 saturated carbocycles. The zero-order valence-corrected chi connectivity index (χ0v) is 14.7.